The van der Waals surface area contributed by atoms with Crippen molar-refractivity contribution < 1.29 is 42.1 Å². The van der Waals surface area contributed by atoms with Crippen molar-refractivity contribution in [1.29, 1.82) is 0 Å². The maximum absolute atomic E-state index is 12.8. The van der Waals surface area contributed by atoms with E-state index in [2.05, 4.69) is 135 Å². The molecule has 74 heavy (non-hydrogen) atoms. The van der Waals surface area contributed by atoms with Gasteiger partial charge in [-0.15, -0.1) is 0 Å². The third-order valence-corrected chi connectivity index (χ3v) is 12.9. The standard InChI is InChI=1S/C64H108NO8P/c1-6-8-10-12-14-16-18-20-22-24-26-27-28-29-30-31-32-33-34-35-36-37-39-41-43-45-47-49-51-53-55-57-64(67)73-62(61-72-74(68,69)71-59-58-65(3,4)5)60-70-63(66)56-54-52-50-48-46-44-42-40-38-25-23-21-19-17-15-13-11-9-7-2/h8,10,14,16,20-23,26-27,29-30,32-33,35-36,39,41,45,47,62H,6-7,9,11-13,15,17-19,24-25,28,31,34,37-38,40,42-44,46,48-61H2,1-5H3/b10-8-,16-14-,22-20-,23-21-,27-26-,30-29-,33-32-,36-35-,41-39-,47-45-. The van der Waals surface area contributed by atoms with Gasteiger partial charge in [0, 0.05) is 12.8 Å². The van der Waals surface area contributed by atoms with Crippen LogP contribution in [0.2, 0.25) is 0 Å². The summed E-state index contributed by atoms with van der Waals surface area (Å²) in [6, 6.07) is 0. The van der Waals surface area contributed by atoms with Crippen LogP contribution in [0.3, 0.4) is 0 Å². The number of likely N-dealkylation sites (N-methyl/N-ethyl adjacent to an activating group) is 1. The number of rotatable bonds is 52. The van der Waals surface area contributed by atoms with Gasteiger partial charge in [-0.05, 0) is 109 Å². The highest BCUT2D eigenvalue weighted by Crippen LogP contribution is 2.38. The molecule has 0 radical (unpaired) electrons. The molecule has 0 aromatic rings. The smallest absolute Gasteiger partial charge is 0.306 e. The van der Waals surface area contributed by atoms with E-state index in [9.17, 15) is 19.0 Å². The Bertz CT molecular complexity index is 1660. The van der Waals surface area contributed by atoms with Crippen molar-refractivity contribution in [2.75, 3.05) is 47.5 Å². The van der Waals surface area contributed by atoms with E-state index in [0.717, 1.165) is 103 Å². The molecule has 0 spiro atoms. The van der Waals surface area contributed by atoms with Crippen molar-refractivity contribution in [2.45, 2.75) is 225 Å². The molecule has 0 fully saturated rings. The molecule has 0 aromatic carbocycles. The molecule has 2 atom stereocenters. The zero-order valence-electron chi connectivity index (χ0n) is 47.7. The lowest BCUT2D eigenvalue weighted by Gasteiger charge is -2.28. The van der Waals surface area contributed by atoms with Gasteiger partial charge in [0.05, 0.1) is 27.7 Å². The summed E-state index contributed by atoms with van der Waals surface area (Å²) in [4.78, 5) is 37.9. The van der Waals surface area contributed by atoms with Gasteiger partial charge < -0.3 is 27.9 Å². The quantitative estimate of drug-likeness (QED) is 0.0195. The number of phosphoric acid groups is 1. The monoisotopic (exact) mass is 1050 g/mol. The summed E-state index contributed by atoms with van der Waals surface area (Å²) < 4.78 is 34.1. The Balaban J connectivity index is 4.29. The number of quaternary nitrogens is 1. The van der Waals surface area contributed by atoms with Crippen molar-refractivity contribution in [3.8, 4) is 0 Å². The predicted molar refractivity (Wildman–Crippen MR) is 314 cm³/mol. The first kappa shape index (κ1) is 70.4. The first-order valence-corrected chi connectivity index (χ1v) is 30.7. The van der Waals surface area contributed by atoms with Crippen LogP contribution in [0.5, 0.6) is 0 Å². The Morgan fingerprint density at radius 2 is 0.770 bits per heavy atom. The Hall–Kier alpha value is -3.59. The van der Waals surface area contributed by atoms with Crippen molar-refractivity contribution in [3.63, 3.8) is 0 Å². The maximum atomic E-state index is 12.8. The van der Waals surface area contributed by atoms with Crippen LogP contribution in [-0.4, -0.2) is 70.0 Å². The highest BCUT2D eigenvalue weighted by Gasteiger charge is 2.21. The molecule has 0 bridgehead atoms. The minimum absolute atomic E-state index is 0.0443. The van der Waals surface area contributed by atoms with Gasteiger partial charge in [0.1, 0.15) is 19.8 Å². The number of hydrogen-bond donors (Lipinski definition) is 0. The van der Waals surface area contributed by atoms with Crippen LogP contribution in [0.4, 0.5) is 0 Å². The number of carbonyl (C=O) groups is 2. The SMILES string of the molecule is CC/C=C\C/C=C\C/C=C\C/C=C\C/C=C\C/C=C\C/C=C\C/C=C\C/C=C\CCCCCC(=O)OC(COC(=O)CCCCCCCCCCC/C=C\CCCCCCCC)COP(=O)([O-])OCC[N+](C)(C)C. The summed E-state index contributed by atoms with van der Waals surface area (Å²) in [6.45, 7) is 4.07. The van der Waals surface area contributed by atoms with Crippen LogP contribution in [0.1, 0.15) is 219 Å². The van der Waals surface area contributed by atoms with Crippen LogP contribution in [0.25, 0.3) is 0 Å². The Kier molecular flexibility index (Phi) is 51.6. The van der Waals surface area contributed by atoms with Crippen LogP contribution < -0.4 is 4.89 Å². The van der Waals surface area contributed by atoms with E-state index in [4.69, 9.17) is 18.5 Å². The second-order valence-electron chi connectivity index (χ2n) is 20.3. The lowest BCUT2D eigenvalue weighted by Crippen LogP contribution is -2.37. The molecule has 422 valence electrons. The van der Waals surface area contributed by atoms with E-state index in [0.29, 0.717) is 17.4 Å². The van der Waals surface area contributed by atoms with Crippen molar-refractivity contribution >= 4 is 19.8 Å². The first-order chi connectivity index (χ1) is 36.0. The summed E-state index contributed by atoms with van der Waals surface area (Å²) in [6.07, 6.45) is 76.7. The lowest BCUT2D eigenvalue weighted by atomic mass is 10.1. The van der Waals surface area contributed by atoms with Gasteiger partial charge in [-0.3, -0.25) is 14.2 Å². The molecular formula is C64H108NO8P. The first-order valence-electron chi connectivity index (χ1n) is 29.2. The number of carbonyl (C=O) groups excluding carboxylic acids is 2. The number of allylic oxidation sites excluding steroid dienone is 20. The van der Waals surface area contributed by atoms with Crippen molar-refractivity contribution in [1.82, 2.24) is 0 Å². The average Bonchev–Trinajstić information content (AvgIpc) is 3.36. The van der Waals surface area contributed by atoms with Crippen molar-refractivity contribution in [3.05, 3.63) is 122 Å². The van der Waals surface area contributed by atoms with Gasteiger partial charge in [0.25, 0.3) is 7.82 Å². The second kappa shape index (κ2) is 54.2. The number of ether oxygens (including phenoxy) is 2. The summed E-state index contributed by atoms with van der Waals surface area (Å²) in [7, 11) is 1.13. The fourth-order valence-electron chi connectivity index (χ4n) is 7.47. The molecule has 0 N–H and O–H groups in total. The molecule has 0 aliphatic carbocycles. The molecule has 2 unspecified atom stereocenters. The molecule has 0 aliphatic heterocycles. The molecule has 0 saturated heterocycles. The number of phosphoric ester groups is 1. The molecule has 0 aromatic heterocycles. The van der Waals surface area contributed by atoms with Gasteiger partial charge in [-0.1, -0.05) is 219 Å². The molecular weight excluding hydrogens is 942 g/mol. The van der Waals surface area contributed by atoms with Crippen molar-refractivity contribution in [2.24, 2.45) is 0 Å². The molecule has 0 heterocycles. The normalized spacial score (nSPS) is 14.2. The summed E-state index contributed by atoms with van der Waals surface area (Å²) in [5.74, 6) is -0.881. The van der Waals surface area contributed by atoms with E-state index in [1.165, 1.54) is 83.5 Å². The third kappa shape index (κ3) is 57.7. The molecule has 9 nitrogen and oxygen atoms in total. The lowest BCUT2D eigenvalue weighted by molar-refractivity contribution is -0.870. The highest BCUT2D eigenvalue weighted by atomic mass is 31.2. The van der Waals surface area contributed by atoms with Gasteiger partial charge in [0.15, 0.2) is 6.10 Å². The molecule has 0 rings (SSSR count). The van der Waals surface area contributed by atoms with E-state index < -0.39 is 32.5 Å². The minimum atomic E-state index is -4.65. The maximum Gasteiger partial charge on any atom is 0.306 e. The van der Waals surface area contributed by atoms with Crippen LogP contribution in [-0.2, 0) is 32.7 Å². The van der Waals surface area contributed by atoms with Gasteiger partial charge >= 0.3 is 11.9 Å². The van der Waals surface area contributed by atoms with E-state index in [-0.39, 0.29) is 26.1 Å². The molecule has 10 heteroatoms. The Morgan fingerprint density at radius 1 is 0.432 bits per heavy atom. The second-order valence-corrected chi connectivity index (χ2v) is 21.7. The summed E-state index contributed by atoms with van der Waals surface area (Å²) >= 11 is 0. The fourth-order valence-corrected chi connectivity index (χ4v) is 8.19. The topological polar surface area (TPSA) is 111 Å². The van der Waals surface area contributed by atoms with E-state index in [1.807, 2.05) is 21.1 Å². The zero-order valence-corrected chi connectivity index (χ0v) is 48.6. The van der Waals surface area contributed by atoms with Gasteiger partial charge in [0.2, 0.25) is 0 Å². The third-order valence-electron chi connectivity index (χ3n) is 12.0. The predicted octanol–water partition coefficient (Wildman–Crippen LogP) is 17.7. The van der Waals surface area contributed by atoms with E-state index in [1.54, 1.807) is 0 Å². The number of hydrogen-bond acceptors (Lipinski definition) is 8. The number of unbranched alkanes of at least 4 members (excludes halogenated alkanes) is 18. The van der Waals surface area contributed by atoms with Crippen LogP contribution in [0, 0.1) is 0 Å². The van der Waals surface area contributed by atoms with Gasteiger partial charge in [-0.25, -0.2) is 0 Å². The number of nitrogens with zero attached hydrogens (tertiary/aromatic N) is 1. The van der Waals surface area contributed by atoms with Gasteiger partial charge in [-0.2, -0.15) is 0 Å². The number of esters is 2. The molecule has 0 saturated carbocycles. The van der Waals surface area contributed by atoms with Crippen LogP contribution >= 0.6 is 7.82 Å². The summed E-state index contributed by atoms with van der Waals surface area (Å²) in [5, 5.41) is 0. The minimum Gasteiger partial charge on any atom is -0.756 e. The Labute approximate surface area is 454 Å². The zero-order chi connectivity index (χ0) is 54.2. The highest BCUT2D eigenvalue weighted by molar-refractivity contribution is 7.45. The largest absolute Gasteiger partial charge is 0.756 e. The molecule has 0 amide bonds. The van der Waals surface area contributed by atoms with E-state index >= 15 is 0 Å². The summed E-state index contributed by atoms with van der Waals surface area (Å²) in [5.41, 5.74) is 0. The Morgan fingerprint density at radius 3 is 1.18 bits per heavy atom. The average molecular weight is 1050 g/mol. The fraction of sp³-hybridized carbons (Fsp3) is 0.656. The molecule has 0 aliphatic rings. The van der Waals surface area contributed by atoms with Crippen LogP contribution in [0.15, 0.2) is 122 Å².